The number of phenols is 1. The van der Waals surface area contributed by atoms with E-state index in [2.05, 4.69) is 72.8 Å². The van der Waals surface area contributed by atoms with E-state index in [4.69, 9.17) is 14.1 Å². The van der Waals surface area contributed by atoms with E-state index in [9.17, 15) is 5.11 Å². The fourth-order valence-corrected chi connectivity index (χ4v) is 3.75. The molecule has 3 rings (SSSR count). The number of rotatable bonds is 8. The van der Waals surface area contributed by atoms with Crippen molar-refractivity contribution in [3.8, 4) is 23.0 Å². The molecule has 3 aromatic rings. The molecule has 0 atom stereocenters. The number of nitrogens with zero attached hydrogens (tertiary/aromatic N) is 1. The molecule has 6 nitrogen and oxygen atoms in total. The molecule has 7 heteroatoms. The van der Waals surface area contributed by atoms with Gasteiger partial charge in [-0.05, 0) is 40.7 Å². The predicted octanol–water partition coefficient (Wildman–Crippen LogP) is 6.36. The molecule has 0 saturated heterocycles. The molecule has 36 heavy (non-hydrogen) atoms. The maximum absolute atomic E-state index is 11.0. The Balaban J connectivity index is 0.00000324. The number of hydrogen-bond acceptors (Lipinski definition) is 5. The highest BCUT2D eigenvalue weighted by atomic mass is 35.5. The fraction of sp³-hybridized carbons (Fsp3) is 0.483. The molecule has 0 radical (unpaired) electrons. The van der Waals surface area contributed by atoms with Crippen molar-refractivity contribution >= 4 is 12.4 Å². The molecule has 0 bridgehead atoms. The third kappa shape index (κ3) is 8.26. The normalized spacial score (nSPS) is 11.7. The number of halogens is 1. The van der Waals surface area contributed by atoms with Gasteiger partial charge in [-0.2, -0.15) is 0 Å². The van der Waals surface area contributed by atoms with Gasteiger partial charge < -0.3 is 25.1 Å². The summed E-state index contributed by atoms with van der Waals surface area (Å²) in [6.07, 6.45) is 2.34. The lowest BCUT2D eigenvalue weighted by Gasteiger charge is -2.27. The van der Waals surface area contributed by atoms with Crippen LogP contribution in [0.15, 0.2) is 47.1 Å². The van der Waals surface area contributed by atoms with Gasteiger partial charge >= 0.3 is 0 Å². The Morgan fingerprint density at radius 2 is 1.53 bits per heavy atom. The van der Waals surface area contributed by atoms with E-state index >= 15 is 0 Å². The number of phenolic OH excluding ortho intramolecular Hbond substituents is 1. The number of ether oxygens (including phenoxy) is 1. The maximum atomic E-state index is 11.0. The number of aromatic hydroxyl groups is 1. The molecule has 1 aromatic heterocycles. The van der Waals surface area contributed by atoms with Crippen molar-refractivity contribution in [1.29, 1.82) is 0 Å². The van der Waals surface area contributed by atoms with Crippen LogP contribution in [0, 0.1) is 0 Å². The average Bonchev–Trinajstić information content (AvgIpc) is 3.20. The minimum atomic E-state index is -0.205. The first kappa shape index (κ1) is 31.5. The molecule has 2 aromatic carbocycles. The summed E-state index contributed by atoms with van der Waals surface area (Å²) in [7, 11) is 0. The zero-order chi connectivity index (χ0) is 25.1. The summed E-state index contributed by atoms with van der Waals surface area (Å²) in [6.45, 7) is 18.3. The van der Waals surface area contributed by atoms with Crippen molar-refractivity contribution < 1.29 is 19.7 Å². The van der Waals surface area contributed by atoms with Crippen LogP contribution in [-0.4, -0.2) is 28.2 Å². The summed E-state index contributed by atoms with van der Waals surface area (Å²) >= 11 is 0. The standard InChI is InChI=1S/C29H40N2O3.ClH.H2O/c1-19(2)30-17-20-9-11-23(12-10-20)33-14-13-22-18-34-27(31-22)21-15-24(28(3,4)5)26(32)25(16-21)29(6,7)8;;/h9-12,15-16,18-19,30,32H,13-14,17H2,1-8H3;1H;1H2. The second kappa shape index (κ2) is 12.6. The van der Waals surface area contributed by atoms with Gasteiger partial charge in [0.05, 0.1) is 12.3 Å². The zero-order valence-electron chi connectivity index (χ0n) is 22.9. The van der Waals surface area contributed by atoms with E-state index in [1.54, 1.807) is 6.26 Å². The fourth-order valence-electron chi connectivity index (χ4n) is 3.75. The first-order chi connectivity index (χ1) is 15.8. The summed E-state index contributed by atoms with van der Waals surface area (Å²) < 4.78 is 11.7. The lowest BCUT2D eigenvalue weighted by molar-refractivity contribution is 0.320. The van der Waals surface area contributed by atoms with Crippen molar-refractivity contribution in [3.63, 3.8) is 0 Å². The lowest BCUT2D eigenvalue weighted by atomic mass is 9.78. The van der Waals surface area contributed by atoms with Gasteiger partial charge in [-0.3, -0.25) is 0 Å². The monoisotopic (exact) mass is 518 g/mol. The Hall–Kier alpha value is -2.54. The van der Waals surface area contributed by atoms with Crippen LogP contribution in [0.1, 0.15) is 77.8 Å². The summed E-state index contributed by atoms with van der Waals surface area (Å²) in [5.74, 6) is 1.77. The number of benzene rings is 2. The Kier molecular flexibility index (Phi) is 11.0. The molecule has 4 N–H and O–H groups in total. The first-order valence-corrected chi connectivity index (χ1v) is 12.1. The third-order valence-electron chi connectivity index (χ3n) is 5.79. The molecule has 0 saturated carbocycles. The van der Waals surface area contributed by atoms with Gasteiger partial charge in [0.15, 0.2) is 0 Å². The molecule has 0 aliphatic heterocycles. The largest absolute Gasteiger partial charge is 0.507 e. The van der Waals surface area contributed by atoms with Gasteiger partial charge in [-0.25, -0.2) is 4.98 Å². The Bertz CT molecular complexity index is 1060. The van der Waals surface area contributed by atoms with Crippen molar-refractivity contribution in [3.05, 3.63) is 65.0 Å². The number of nitrogens with one attached hydrogen (secondary N) is 1. The average molecular weight is 519 g/mol. The lowest BCUT2D eigenvalue weighted by Crippen LogP contribution is -2.21. The molecule has 0 aliphatic rings. The summed E-state index contributed by atoms with van der Waals surface area (Å²) in [5, 5.41) is 14.4. The molecular weight excluding hydrogens is 476 g/mol. The van der Waals surface area contributed by atoms with E-state index in [0.29, 0.717) is 30.7 Å². The maximum Gasteiger partial charge on any atom is 0.226 e. The second-order valence-corrected chi connectivity index (χ2v) is 11.3. The van der Waals surface area contributed by atoms with Crippen LogP contribution in [0.4, 0.5) is 0 Å². The topological polar surface area (TPSA) is 99.0 Å². The zero-order valence-corrected chi connectivity index (χ0v) is 23.7. The Labute approximate surface area is 222 Å². The SMILES string of the molecule is CC(C)NCc1ccc(OCCc2coc(-c3cc(C(C)(C)C)c(O)c(C(C)(C)C)c3)n2)cc1.Cl.O. The van der Waals surface area contributed by atoms with E-state index < -0.39 is 0 Å². The molecule has 0 aliphatic carbocycles. The summed E-state index contributed by atoms with van der Waals surface area (Å²) in [4.78, 5) is 4.71. The van der Waals surface area contributed by atoms with Crippen LogP contribution < -0.4 is 10.1 Å². The van der Waals surface area contributed by atoms with Gasteiger partial charge in [-0.1, -0.05) is 67.5 Å². The number of oxazole rings is 1. The summed E-state index contributed by atoms with van der Waals surface area (Å²) in [6, 6.07) is 12.6. The van der Waals surface area contributed by atoms with Gasteiger partial charge in [0.1, 0.15) is 17.8 Å². The molecule has 0 spiro atoms. The van der Waals surface area contributed by atoms with Crippen LogP contribution >= 0.6 is 12.4 Å². The van der Waals surface area contributed by atoms with Crippen LogP contribution in [0.3, 0.4) is 0 Å². The number of hydrogen-bond donors (Lipinski definition) is 2. The highest BCUT2D eigenvalue weighted by molar-refractivity contribution is 5.85. The van der Waals surface area contributed by atoms with Gasteiger partial charge in [-0.15, -0.1) is 12.4 Å². The molecule has 0 unspecified atom stereocenters. The minimum Gasteiger partial charge on any atom is -0.507 e. The van der Waals surface area contributed by atoms with Crippen LogP contribution in [0.25, 0.3) is 11.5 Å². The van der Waals surface area contributed by atoms with Crippen molar-refractivity contribution in [2.24, 2.45) is 0 Å². The van der Waals surface area contributed by atoms with E-state index in [1.165, 1.54) is 5.56 Å². The van der Waals surface area contributed by atoms with Gasteiger partial charge in [0.2, 0.25) is 5.89 Å². The van der Waals surface area contributed by atoms with E-state index in [1.807, 2.05) is 24.3 Å². The van der Waals surface area contributed by atoms with Crippen molar-refractivity contribution in [2.75, 3.05) is 6.61 Å². The third-order valence-corrected chi connectivity index (χ3v) is 5.79. The molecule has 1 heterocycles. The van der Waals surface area contributed by atoms with Crippen molar-refractivity contribution in [1.82, 2.24) is 10.3 Å². The molecule has 0 fully saturated rings. The van der Waals surface area contributed by atoms with Crippen molar-refractivity contribution in [2.45, 2.75) is 85.2 Å². The molecular formula is C29H43ClN2O4. The van der Waals surface area contributed by atoms with Crippen LogP contribution in [0.5, 0.6) is 11.5 Å². The Morgan fingerprint density at radius 3 is 2.03 bits per heavy atom. The van der Waals surface area contributed by atoms with Crippen LogP contribution in [0.2, 0.25) is 0 Å². The second-order valence-electron chi connectivity index (χ2n) is 11.3. The predicted molar refractivity (Wildman–Crippen MR) is 149 cm³/mol. The highest BCUT2D eigenvalue weighted by Gasteiger charge is 2.27. The summed E-state index contributed by atoms with van der Waals surface area (Å²) in [5.41, 5.74) is 4.34. The quantitative estimate of drug-likeness (QED) is 0.361. The molecule has 200 valence electrons. The van der Waals surface area contributed by atoms with Crippen LogP contribution in [-0.2, 0) is 23.8 Å². The highest BCUT2D eigenvalue weighted by Crippen LogP contribution is 2.41. The number of aromatic nitrogens is 1. The van der Waals surface area contributed by atoms with Gasteiger partial charge in [0, 0.05) is 35.7 Å². The molecule has 0 amide bonds. The van der Waals surface area contributed by atoms with E-state index in [-0.39, 0.29) is 28.7 Å². The van der Waals surface area contributed by atoms with Gasteiger partial charge in [0.25, 0.3) is 0 Å². The minimum absolute atomic E-state index is 0. The Morgan fingerprint density at radius 1 is 0.972 bits per heavy atom. The van der Waals surface area contributed by atoms with E-state index in [0.717, 1.165) is 34.7 Å². The smallest absolute Gasteiger partial charge is 0.226 e. The first-order valence-electron chi connectivity index (χ1n) is 12.1.